The molecule has 7 nitrogen and oxygen atoms in total. The Morgan fingerprint density at radius 2 is 1.06 bits per heavy atom. The fourth-order valence-electron chi connectivity index (χ4n) is 2.82. The monoisotopic (exact) mass is 412 g/mol. The smallest absolute Gasteiger partial charge is 0.233 e. The third-order valence-electron chi connectivity index (χ3n) is 4.17. The summed E-state index contributed by atoms with van der Waals surface area (Å²) in [7, 11) is 0. The molecule has 0 aliphatic heterocycles. The summed E-state index contributed by atoms with van der Waals surface area (Å²) in [5.74, 6) is 2.93. The van der Waals surface area contributed by atoms with Crippen molar-refractivity contribution in [2.24, 2.45) is 0 Å². The molecule has 3 N–H and O–H groups in total. The van der Waals surface area contributed by atoms with Crippen molar-refractivity contribution < 1.29 is 4.74 Å². The summed E-state index contributed by atoms with van der Waals surface area (Å²) < 4.78 is 5.84. The molecular formula is C24H24N6O. The predicted octanol–water partition coefficient (Wildman–Crippen LogP) is 5.97. The van der Waals surface area contributed by atoms with E-state index in [1.807, 2.05) is 98.8 Å². The highest BCUT2D eigenvalue weighted by molar-refractivity contribution is 5.59. The molecule has 0 unspecified atom stereocenters. The number of aromatic nitrogens is 3. The maximum Gasteiger partial charge on any atom is 0.233 e. The van der Waals surface area contributed by atoms with Crippen LogP contribution in [0.1, 0.15) is 13.8 Å². The predicted molar refractivity (Wildman–Crippen MR) is 125 cm³/mol. The Hall–Kier alpha value is -4.13. The molecule has 0 spiro atoms. The van der Waals surface area contributed by atoms with E-state index in [0.29, 0.717) is 17.8 Å². The second-order valence-electron chi connectivity index (χ2n) is 7.16. The van der Waals surface area contributed by atoms with Crippen molar-refractivity contribution in [1.82, 2.24) is 15.0 Å². The Kier molecular flexibility index (Phi) is 6.23. The number of rotatable bonds is 8. The molecule has 0 fully saturated rings. The zero-order valence-electron chi connectivity index (χ0n) is 17.4. The number of ether oxygens (including phenoxy) is 1. The first-order chi connectivity index (χ1) is 15.1. The summed E-state index contributed by atoms with van der Waals surface area (Å²) in [4.78, 5) is 13.5. The molecule has 0 aliphatic rings. The number of para-hydroxylation sites is 2. The van der Waals surface area contributed by atoms with E-state index in [1.54, 1.807) is 0 Å². The second kappa shape index (κ2) is 9.58. The van der Waals surface area contributed by atoms with Crippen LogP contribution in [0, 0.1) is 0 Å². The van der Waals surface area contributed by atoms with Gasteiger partial charge in [0.2, 0.25) is 17.8 Å². The Balaban J connectivity index is 1.51. The lowest BCUT2D eigenvalue weighted by Gasteiger charge is -2.13. The Bertz CT molecular complexity index is 1100. The van der Waals surface area contributed by atoms with E-state index < -0.39 is 0 Å². The summed E-state index contributed by atoms with van der Waals surface area (Å²) >= 11 is 0. The van der Waals surface area contributed by atoms with Gasteiger partial charge in [-0.05, 0) is 62.4 Å². The lowest BCUT2D eigenvalue weighted by Crippen LogP contribution is -2.15. The van der Waals surface area contributed by atoms with Crippen molar-refractivity contribution >= 4 is 29.2 Å². The van der Waals surface area contributed by atoms with Gasteiger partial charge in [-0.3, -0.25) is 0 Å². The number of nitrogens with zero attached hydrogens (tertiary/aromatic N) is 3. The van der Waals surface area contributed by atoms with Gasteiger partial charge in [-0.25, -0.2) is 0 Å². The molecule has 0 amide bonds. The summed E-state index contributed by atoms with van der Waals surface area (Å²) in [5.41, 5.74) is 1.74. The fourth-order valence-corrected chi connectivity index (χ4v) is 2.82. The van der Waals surface area contributed by atoms with E-state index in [4.69, 9.17) is 4.74 Å². The van der Waals surface area contributed by atoms with E-state index in [-0.39, 0.29) is 6.04 Å². The molecule has 3 aromatic carbocycles. The minimum atomic E-state index is 0.189. The molecule has 4 rings (SSSR count). The molecule has 0 aliphatic carbocycles. The van der Waals surface area contributed by atoms with Crippen molar-refractivity contribution in [2.45, 2.75) is 19.9 Å². The minimum Gasteiger partial charge on any atom is -0.457 e. The number of benzene rings is 3. The highest BCUT2D eigenvalue weighted by Gasteiger charge is 2.09. The van der Waals surface area contributed by atoms with Gasteiger partial charge < -0.3 is 20.7 Å². The summed E-state index contributed by atoms with van der Waals surface area (Å²) in [5, 5.41) is 9.69. The lowest BCUT2D eigenvalue weighted by atomic mass is 10.3. The van der Waals surface area contributed by atoms with Crippen LogP contribution in [0.2, 0.25) is 0 Å². The van der Waals surface area contributed by atoms with Gasteiger partial charge in [0.1, 0.15) is 11.5 Å². The van der Waals surface area contributed by atoms with Gasteiger partial charge in [0.25, 0.3) is 0 Å². The molecule has 1 aromatic heterocycles. The first kappa shape index (κ1) is 20.2. The topological polar surface area (TPSA) is 84.0 Å². The van der Waals surface area contributed by atoms with Crippen molar-refractivity contribution in [1.29, 1.82) is 0 Å². The normalized spacial score (nSPS) is 10.5. The maximum atomic E-state index is 5.84. The van der Waals surface area contributed by atoms with Gasteiger partial charge in [0, 0.05) is 17.4 Å². The molecule has 0 radical (unpaired) electrons. The lowest BCUT2D eigenvalue weighted by molar-refractivity contribution is 0.483. The maximum absolute atomic E-state index is 5.84. The van der Waals surface area contributed by atoms with Crippen LogP contribution < -0.4 is 20.7 Å². The highest BCUT2D eigenvalue weighted by Crippen LogP contribution is 2.24. The molecule has 7 heteroatoms. The van der Waals surface area contributed by atoms with Crippen LogP contribution in [0.5, 0.6) is 11.5 Å². The Labute approximate surface area is 181 Å². The van der Waals surface area contributed by atoms with Crippen LogP contribution in [0.15, 0.2) is 84.9 Å². The largest absolute Gasteiger partial charge is 0.457 e. The number of nitrogens with one attached hydrogen (secondary N) is 3. The summed E-state index contributed by atoms with van der Waals surface area (Å²) in [6.07, 6.45) is 0. The molecule has 156 valence electrons. The van der Waals surface area contributed by atoms with Crippen LogP contribution in [-0.4, -0.2) is 21.0 Å². The zero-order chi connectivity index (χ0) is 21.5. The van der Waals surface area contributed by atoms with Gasteiger partial charge in [-0.15, -0.1) is 0 Å². The molecule has 0 saturated heterocycles. The Morgan fingerprint density at radius 1 is 0.581 bits per heavy atom. The zero-order valence-corrected chi connectivity index (χ0v) is 17.4. The van der Waals surface area contributed by atoms with Crippen LogP contribution in [0.3, 0.4) is 0 Å². The fraction of sp³-hybridized carbons (Fsp3) is 0.125. The van der Waals surface area contributed by atoms with E-state index in [9.17, 15) is 0 Å². The van der Waals surface area contributed by atoms with E-state index in [0.717, 1.165) is 22.9 Å². The molecule has 0 atom stereocenters. The highest BCUT2D eigenvalue weighted by atomic mass is 16.5. The Morgan fingerprint density at radius 3 is 1.65 bits per heavy atom. The van der Waals surface area contributed by atoms with Crippen LogP contribution in [0.25, 0.3) is 0 Å². The van der Waals surface area contributed by atoms with Crippen LogP contribution in [-0.2, 0) is 0 Å². The number of hydrogen-bond donors (Lipinski definition) is 3. The van der Waals surface area contributed by atoms with Crippen molar-refractivity contribution in [3.8, 4) is 11.5 Å². The third kappa shape index (κ3) is 5.93. The van der Waals surface area contributed by atoms with Crippen molar-refractivity contribution in [3.05, 3.63) is 84.9 Å². The number of hydrogen-bond acceptors (Lipinski definition) is 7. The summed E-state index contributed by atoms with van der Waals surface area (Å²) in [6, 6.07) is 27.3. The number of anilines is 5. The van der Waals surface area contributed by atoms with E-state index in [1.165, 1.54) is 0 Å². The SMILES string of the molecule is CC(C)Nc1nc(Nc2ccccc2)nc(Nc2ccc(Oc3ccccc3)cc2)n1. The van der Waals surface area contributed by atoms with Gasteiger partial charge in [0.15, 0.2) is 0 Å². The van der Waals surface area contributed by atoms with Crippen LogP contribution in [0.4, 0.5) is 29.2 Å². The quantitative estimate of drug-likeness (QED) is 0.329. The van der Waals surface area contributed by atoms with Gasteiger partial charge in [-0.2, -0.15) is 15.0 Å². The average Bonchev–Trinajstić information content (AvgIpc) is 2.76. The van der Waals surface area contributed by atoms with Gasteiger partial charge >= 0.3 is 0 Å². The molecule has 31 heavy (non-hydrogen) atoms. The molecular weight excluding hydrogens is 388 g/mol. The van der Waals surface area contributed by atoms with Crippen molar-refractivity contribution in [3.63, 3.8) is 0 Å². The second-order valence-corrected chi connectivity index (χ2v) is 7.16. The van der Waals surface area contributed by atoms with E-state index >= 15 is 0 Å². The molecule has 1 heterocycles. The van der Waals surface area contributed by atoms with Gasteiger partial charge in [0.05, 0.1) is 0 Å². The van der Waals surface area contributed by atoms with E-state index in [2.05, 4.69) is 30.9 Å². The first-order valence-electron chi connectivity index (χ1n) is 10.1. The molecule has 4 aromatic rings. The average molecular weight is 412 g/mol. The van der Waals surface area contributed by atoms with Crippen molar-refractivity contribution in [2.75, 3.05) is 16.0 Å². The molecule has 0 saturated carbocycles. The third-order valence-corrected chi connectivity index (χ3v) is 4.17. The summed E-state index contributed by atoms with van der Waals surface area (Å²) in [6.45, 7) is 4.07. The standard InChI is InChI=1S/C24H24N6O/c1-17(2)25-22-28-23(26-18-9-5-3-6-10-18)30-24(29-22)27-19-13-15-21(16-14-19)31-20-11-7-4-8-12-20/h3-17H,1-2H3,(H3,25,26,27,28,29,30). The molecule has 0 bridgehead atoms. The van der Waals surface area contributed by atoms with Gasteiger partial charge in [-0.1, -0.05) is 36.4 Å². The minimum absolute atomic E-state index is 0.189. The van der Waals surface area contributed by atoms with Crippen LogP contribution >= 0.6 is 0 Å². The first-order valence-corrected chi connectivity index (χ1v) is 10.1.